The summed E-state index contributed by atoms with van der Waals surface area (Å²) in [6.07, 6.45) is 10.8. The molecule has 5 aliphatic rings. The number of alkyl halides is 1. The van der Waals surface area contributed by atoms with Crippen LogP contribution in [0.1, 0.15) is 57.4 Å². The molecule has 1 aromatic heterocycles. The van der Waals surface area contributed by atoms with Crippen molar-refractivity contribution >= 4 is 27.9 Å². The number of aliphatic hydroxyl groups excluding tert-OH is 2. The number of allylic oxidation sites excluding steroid dienone is 2. The lowest BCUT2D eigenvalue weighted by atomic mass is 9.52. The van der Waals surface area contributed by atoms with Gasteiger partial charge in [0, 0.05) is 35.7 Å². The van der Waals surface area contributed by atoms with E-state index in [4.69, 9.17) is 16.3 Å². The maximum absolute atomic E-state index is 11.3. The van der Waals surface area contributed by atoms with Gasteiger partial charge in [-0.05, 0) is 93.1 Å². The topological polar surface area (TPSA) is 65.8 Å². The Hall–Kier alpha value is -1.50. The highest BCUT2D eigenvalue weighted by atomic mass is 35.5. The molecule has 6 heteroatoms. The van der Waals surface area contributed by atoms with Crippen LogP contribution in [0.3, 0.4) is 0 Å². The van der Waals surface area contributed by atoms with E-state index >= 15 is 0 Å². The van der Waals surface area contributed by atoms with Crippen LogP contribution in [0.5, 0.6) is 0 Å². The molecule has 2 spiro atoms. The lowest BCUT2D eigenvalue weighted by Crippen LogP contribution is -2.72. The molecular formula is C30H37ClN2O3. The number of benzene rings is 1. The van der Waals surface area contributed by atoms with E-state index in [1.54, 1.807) is 0 Å². The molecule has 0 amide bonds. The van der Waals surface area contributed by atoms with Crippen molar-refractivity contribution in [3.63, 3.8) is 0 Å². The Balaban J connectivity index is 1.27. The summed E-state index contributed by atoms with van der Waals surface area (Å²) in [5, 5.41) is 24.7. The predicted octanol–water partition coefficient (Wildman–Crippen LogP) is 4.78. The van der Waals surface area contributed by atoms with Gasteiger partial charge in [-0.15, -0.1) is 11.6 Å². The Bertz CT molecular complexity index is 1270. The normalized spacial score (nSPS) is 47.4. The molecule has 2 saturated heterocycles. The van der Waals surface area contributed by atoms with Crippen LogP contribution in [-0.4, -0.2) is 68.5 Å². The average Bonchev–Trinajstić information content (AvgIpc) is 3.39. The van der Waals surface area contributed by atoms with Crippen molar-refractivity contribution in [1.29, 1.82) is 0 Å². The minimum atomic E-state index is -0.810. The fourth-order valence-corrected chi connectivity index (χ4v) is 9.79. The van der Waals surface area contributed by atoms with Crippen LogP contribution in [0, 0.1) is 17.3 Å². The minimum absolute atomic E-state index is 0.00872. The zero-order valence-electron chi connectivity index (χ0n) is 21.5. The first kappa shape index (κ1) is 23.6. The van der Waals surface area contributed by atoms with Gasteiger partial charge in [0.05, 0.1) is 28.3 Å². The third-order valence-electron chi connectivity index (χ3n) is 11.2. The number of hydrogen-bond acceptors (Lipinski definition) is 5. The molecule has 36 heavy (non-hydrogen) atoms. The molecule has 3 unspecified atom stereocenters. The summed E-state index contributed by atoms with van der Waals surface area (Å²) in [5.41, 5.74) is 1.89. The van der Waals surface area contributed by atoms with Crippen LogP contribution in [0.2, 0.25) is 0 Å². The summed E-state index contributed by atoms with van der Waals surface area (Å²) in [6.45, 7) is 2.43. The van der Waals surface area contributed by atoms with E-state index in [2.05, 4.69) is 42.2 Å². The summed E-state index contributed by atoms with van der Waals surface area (Å²) >= 11 is 7.63. The molecule has 2 N–H and O–H groups in total. The molecule has 7 rings (SSSR count). The number of nitrogens with zero attached hydrogens (tertiary/aromatic N) is 2. The van der Waals surface area contributed by atoms with Crippen molar-refractivity contribution in [1.82, 2.24) is 9.88 Å². The molecule has 0 radical (unpaired) electrons. The summed E-state index contributed by atoms with van der Waals surface area (Å²) < 4.78 is 7.34. The molecule has 2 bridgehead atoms. The highest BCUT2D eigenvalue weighted by Gasteiger charge is 2.76. The highest BCUT2D eigenvalue weighted by Crippen LogP contribution is 2.73. The zero-order valence-corrected chi connectivity index (χ0v) is 22.2. The van der Waals surface area contributed by atoms with Gasteiger partial charge in [0.15, 0.2) is 0 Å². The predicted molar refractivity (Wildman–Crippen MR) is 142 cm³/mol. The number of pyridine rings is 1. The molecule has 9 atom stereocenters. The van der Waals surface area contributed by atoms with Gasteiger partial charge in [0.2, 0.25) is 0 Å². The van der Waals surface area contributed by atoms with Crippen LogP contribution < -0.4 is 0 Å². The van der Waals surface area contributed by atoms with Gasteiger partial charge in [-0.3, -0.25) is 4.98 Å². The van der Waals surface area contributed by atoms with E-state index in [9.17, 15) is 10.2 Å². The average molecular weight is 509 g/mol. The van der Waals surface area contributed by atoms with Crippen LogP contribution >= 0.6 is 11.6 Å². The first-order valence-corrected chi connectivity index (χ1v) is 14.0. The number of hydrogen-bond donors (Lipinski definition) is 2. The van der Waals surface area contributed by atoms with Crippen molar-refractivity contribution in [2.75, 3.05) is 14.1 Å². The Kier molecular flexibility index (Phi) is 4.94. The number of aromatic nitrogens is 1. The van der Waals surface area contributed by atoms with Gasteiger partial charge in [0.25, 0.3) is 0 Å². The second-order valence-electron chi connectivity index (χ2n) is 12.8. The molecule has 3 heterocycles. The van der Waals surface area contributed by atoms with Crippen LogP contribution in [0.15, 0.2) is 42.7 Å². The fraction of sp³-hybridized carbons (Fsp3) is 0.633. The van der Waals surface area contributed by atoms with E-state index in [1.165, 1.54) is 16.5 Å². The van der Waals surface area contributed by atoms with E-state index < -0.39 is 28.3 Å². The van der Waals surface area contributed by atoms with E-state index in [-0.39, 0.29) is 17.4 Å². The van der Waals surface area contributed by atoms with Crippen molar-refractivity contribution in [2.24, 2.45) is 17.3 Å². The van der Waals surface area contributed by atoms with Crippen molar-refractivity contribution in [3.05, 3.63) is 48.3 Å². The lowest BCUT2D eigenvalue weighted by Gasteiger charge is -2.65. The largest absolute Gasteiger partial charge is 0.390 e. The zero-order chi connectivity index (χ0) is 25.1. The monoisotopic (exact) mass is 508 g/mol. The Morgan fingerprint density at radius 1 is 1.03 bits per heavy atom. The quantitative estimate of drug-likeness (QED) is 0.571. The SMILES string of the molecule is CN(C)[C@H]1C[C@@]23CC[C@]4(O2)C2CC=C(c5ccc6cnccc6c5)[C@@]2(C)CCC4(Cl)CC3[C@@H](O)[C@@H]1O. The van der Waals surface area contributed by atoms with Gasteiger partial charge < -0.3 is 19.8 Å². The number of halogens is 1. The molecule has 2 aromatic rings. The third kappa shape index (κ3) is 2.84. The molecule has 1 aromatic carbocycles. The molecular weight excluding hydrogens is 472 g/mol. The molecule has 192 valence electrons. The van der Waals surface area contributed by atoms with Gasteiger partial charge in [-0.2, -0.15) is 0 Å². The standard InChI is InChI=1S/C30H37ClN2O3/c1-27-9-11-29(31)15-22-25(34)26(35)23(33(2)3)16-28(22)10-12-30(29,36-28)24(27)7-6-21(27)19-4-5-20-17-32-13-8-18(20)14-19/h4-6,8,13-14,17,22-26,34-35H,7,9-12,15-16H2,1-3H3/t22?,23-,24?,25+,26+,27+,28+,29?,30-/m0/s1. The minimum Gasteiger partial charge on any atom is -0.390 e. The van der Waals surface area contributed by atoms with Crippen LogP contribution in [-0.2, 0) is 4.74 Å². The highest BCUT2D eigenvalue weighted by molar-refractivity contribution is 6.25. The van der Waals surface area contributed by atoms with Crippen LogP contribution in [0.25, 0.3) is 16.3 Å². The molecule has 4 fully saturated rings. The second kappa shape index (κ2) is 7.54. The number of likely N-dealkylation sites (N-methyl/N-ethyl adjacent to an activating group) is 1. The number of ether oxygens (including phenoxy) is 1. The molecule has 2 saturated carbocycles. The summed E-state index contributed by atoms with van der Waals surface area (Å²) in [7, 11) is 3.98. The molecule has 3 aliphatic carbocycles. The second-order valence-corrected chi connectivity index (χ2v) is 13.5. The summed E-state index contributed by atoms with van der Waals surface area (Å²) in [4.78, 5) is 5.81. The lowest BCUT2D eigenvalue weighted by molar-refractivity contribution is -0.276. The summed E-state index contributed by atoms with van der Waals surface area (Å²) in [6, 6.07) is 8.72. The van der Waals surface area contributed by atoms with Crippen LogP contribution in [0.4, 0.5) is 0 Å². The summed E-state index contributed by atoms with van der Waals surface area (Å²) in [5.74, 6) is 0.186. The van der Waals surface area contributed by atoms with Gasteiger partial charge >= 0.3 is 0 Å². The fourth-order valence-electron chi connectivity index (χ4n) is 9.26. The van der Waals surface area contributed by atoms with Gasteiger partial charge in [-0.1, -0.05) is 25.1 Å². The Morgan fingerprint density at radius 2 is 1.86 bits per heavy atom. The molecule has 5 nitrogen and oxygen atoms in total. The van der Waals surface area contributed by atoms with Crippen molar-refractivity contribution in [2.45, 2.75) is 86.2 Å². The third-order valence-corrected chi connectivity index (χ3v) is 11.8. The number of aliphatic hydroxyl groups is 2. The van der Waals surface area contributed by atoms with Gasteiger partial charge in [0.1, 0.15) is 0 Å². The van der Waals surface area contributed by atoms with E-state index in [0.717, 1.165) is 50.3 Å². The first-order valence-electron chi connectivity index (χ1n) is 13.6. The molecule has 2 aliphatic heterocycles. The van der Waals surface area contributed by atoms with Crippen molar-refractivity contribution < 1.29 is 14.9 Å². The van der Waals surface area contributed by atoms with E-state index in [1.807, 2.05) is 31.4 Å². The Morgan fingerprint density at radius 3 is 2.67 bits per heavy atom. The maximum atomic E-state index is 11.3. The number of rotatable bonds is 2. The van der Waals surface area contributed by atoms with Crippen molar-refractivity contribution in [3.8, 4) is 0 Å². The first-order chi connectivity index (χ1) is 17.1. The smallest absolute Gasteiger partial charge is 0.0958 e. The van der Waals surface area contributed by atoms with Gasteiger partial charge in [-0.25, -0.2) is 0 Å². The maximum Gasteiger partial charge on any atom is 0.0958 e. The Labute approximate surface area is 218 Å². The van der Waals surface area contributed by atoms with E-state index in [0.29, 0.717) is 5.92 Å². The number of fused-ring (bicyclic) bond motifs is 2.